The van der Waals surface area contributed by atoms with Crippen LogP contribution in [0.25, 0.3) is 0 Å². The number of fused-ring (bicyclic) bond motifs is 7. The highest BCUT2D eigenvalue weighted by atomic mass is 16.7. The summed E-state index contributed by atoms with van der Waals surface area (Å²) in [6.07, 6.45) is 14.3. The van der Waals surface area contributed by atoms with E-state index in [0.29, 0.717) is 18.4 Å². The Kier molecular flexibility index (Phi) is 8.05. The van der Waals surface area contributed by atoms with E-state index in [-0.39, 0.29) is 35.2 Å². The fourth-order valence-electron chi connectivity index (χ4n) is 10.3. The first-order valence-electron chi connectivity index (χ1n) is 16.9. The van der Waals surface area contributed by atoms with Crippen molar-refractivity contribution in [2.75, 3.05) is 13.2 Å². The van der Waals surface area contributed by atoms with Gasteiger partial charge in [-0.2, -0.15) is 0 Å². The van der Waals surface area contributed by atoms with Gasteiger partial charge in [0.15, 0.2) is 24.3 Å². The second kappa shape index (κ2) is 11.8. The molecule has 2 heterocycles. The molecular weight excluding hydrogens is 588 g/mol. The number of ketones is 2. The number of amides is 1. The maximum Gasteiger partial charge on any atom is 0.325 e. The Labute approximate surface area is 269 Å². The van der Waals surface area contributed by atoms with E-state index in [0.717, 1.165) is 44.1 Å². The molecule has 1 aromatic heterocycles. The average Bonchev–Trinajstić information content (AvgIpc) is 3.56. The summed E-state index contributed by atoms with van der Waals surface area (Å²) in [6, 6.07) is 3.21. The van der Waals surface area contributed by atoms with Crippen LogP contribution in [0.15, 0.2) is 48.3 Å². The molecule has 10 nitrogen and oxygen atoms in total. The Morgan fingerprint density at radius 2 is 1.96 bits per heavy atom. The first kappa shape index (κ1) is 31.4. The zero-order valence-corrected chi connectivity index (χ0v) is 26.6. The van der Waals surface area contributed by atoms with E-state index in [2.05, 4.69) is 24.1 Å². The molecule has 10 heteroatoms. The van der Waals surface area contributed by atoms with Crippen molar-refractivity contribution in [1.29, 1.82) is 0 Å². The Balaban J connectivity index is 1.13. The smallest absolute Gasteiger partial charge is 0.325 e. The number of aliphatic hydroxyl groups excluding tert-OH is 1. The van der Waals surface area contributed by atoms with Crippen LogP contribution in [0.4, 0.5) is 0 Å². The topological polar surface area (TPSA) is 141 Å². The summed E-state index contributed by atoms with van der Waals surface area (Å²) in [5.41, 5.74) is -1.19. The van der Waals surface area contributed by atoms with Gasteiger partial charge in [-0.25, -0.2) is 0 Å². The van der Waals surface area contributed by atoms with Crippen molar-refractivity contribution in [2.45, 2.75) is 95.7 Å². The molecule has 1 aliphatic heterocycles. The maximum absolute atomic E-state index is 14.5. The SMILES string of the molecule is C[C@]12C=CC(=O)C=C1CCC1C2[C@@H](O)C[C@@]2(C)C1C[C@@H]1O[C@@H](C3CCCCC3)O[C@]12C(=O)COC(=O)CNC(=O)c1cccnc1. The van der Waals surface area contributed by atoms with Gasteiger partial charge in [-0.05, 0) is 74.6 Å². The molecule has 5 aliphatic carbocycles. The highest BCUT2D eigenvalue weighted by Crippen LogP contribution is 2.70. The lowest BCUT2D eigenvalue weighted by Gasteiger charge is -2.59. The number of carbonyl (C=O) groups is 4. The molecule has 6 aliphatic rings. The Hall–Kier alpha value is -3.21. The number of rotatable bonds is 7. The van der Waals surface area contributed by atoms with Gasteiger partial charge >= 0.3 is 5.97 Å². The zero-order chi connectivity index (χ0) is 32.3. The summed E-state index contributed by atoms with van der Waals surface area (Å²) in [4.78, 5) is 55.8. The van der Waals surface area contributed by atoms with E-state index >= 15 is 0 Å². The summed E-state index contributed by atoms with van der Waals surface area (Å²) in [5, 5.41) is 14.5. The van der Waals surface area contributed by atoms with Gasteiger partial charge in [0.05, 0.1) is 17.8 Å². The Bertz CT molecular complexity index is 1470. The van der Waals surface area contributed by atoms with Crippen LogP contribution in [0.1, 0.15) is 82.0 Å². The van der Waals surface area contributed by atoms with Gasteiger partial charge in [-0.3, -0.25) is 24.2 Å². The molecule has 1 saturated heterocycles. The van der Waals surface area contributed by atoms with E-state index in [1.54, 1.807) is 30.5 Å². The van der Waals surface area contributed by atoms with Crippen molar-refractivity contribution in [1.82, 2.24) is 10.3 Å². The summed E-state index contributed by atoms with van der Waals surface area (Å²) in [5.74, 6) is -1.36. The lowest BCUT2D eigenvalue weighted by Crippen LogP contribution is -2.63. The van der Waals surface area contributed by atoms with Crippen molar-refractivity contribution in [2.24, 2.45) is 34.5 Å². The van der Waals surface area contributed by atoms with Crippen LogP contribution in [0.3, 0.4) is 0 Å². The lowest BCUT2D eigenvalue weighted by molar-refractivity contribution is -0.210. The number of aromatic nitrogens is 1. The van der Waals surface area contributed by atoms with Crippen molar-refractivity contribution in [3.05, 3.63) is 53.9 Å². The molecule has 0 aromatic carbocycles. The maximum atomic E-state index is 14.5. The van der Waals surface area contributed by atoms with Gasteiger partial charge in [0.1, 0.15) is 6.54 Å². The fraction of sp³-hybridized carbons (Fsp3) is 0.639. The minimum atomic E-state index is -1.37. The van der Waals surface area contributed by atoms with Crippen molar-refractivity contribution >= 4 is 23.4 Å². The molecular formula is C36H44N2O8. The first-order chi connectivity index (χ1) is 22.1. The fourth-order valence-corrected chi connectivity index (χ4v) is 10.3. The van der Waals surface area contributed by atoms with E-state index in [1.165, 1.54) is 12.6 Å². The third-order valence-electron chi connectivity index (χ3n) is 12.4. The molecule has 4 saturated carbocycles. The van der Waals surface area contributed by atoms with Crippen molar-refractivity contribution in [3.63, 3.8) is 0 Å². The van der Waals surface area contributed by atoms with Crippen LogP contribution in [-0.2, 0) is 28.6 Å². The predicted molar refractivity (Wildman–Crippen MR) is 165 cm³/mol. The standard InChI is InChI=1S/C36H44N2O8/c1-34-13-12-24(39)15-23(34)10-11-25-26-16-29-36(35(26,2)17-27(40)31(25)34,46-33(45-29)21-7-4-3-5-8-21)28(41)20-44-30(42)19-38-32(43)22-9-6-14-37-18-22/h6,9,12-15,18,21,25-27,29,31,33,40H,3-5,7-8,10-11,16-17,19-20H2,1-2H3,(H,38,43)/t25?,26?,27-,29-,31?,33+,34-,35-,36+/m0/s1. The van der Waals surface area contributed by atoms with E-state index in [9.17, 15) is 24.3 Å². The number of nitrogens with zero attached hydrogens (tertiary/aromatic N) is 1. The van der Waals surface area contributed by atoms with Crippen LogP contribution < -0.4 is 5.32 Å². The number of Topliss-reactive ketones (excluding diaryl/α,β-unsaturated/α-hetero) is 1. The number of esters is 1. The summed E-state index contributed by atoms with van der Waals surface area (Å²) in [6.45, 7) is 3.28. The monoisotopic (exact) mass is 632 g/mol. The lowest BCUT2D eigenvalue weighted by atomic mass is 9.46. The number of carbonyl (C=O) groups excluding carboxylic acids is 4. The number of hydrogen-bond donors (Lipinski definition) is 2. The third-order valence-corrected chi connectivity index (χ3v) is 12.4. The number of hydrogen-bond acceptors (Lipinski definition) is 9. The van der Waals surface area contributed by atoms with Crippen LogP contribution in [0, 0.1) is 34.5 Å². The molecule has 0 spiro atoms. The number of nitrogens with one attached hydrogen (secondary N) is 1. The number of aliphatic hydroxyl groups is 1. The normalized spacial score (nSPS) is 39.8. The summed E-state index contributed by atoms with van der Waals surface area (Å²) >= 11 is 0. The van der Waals surface area contributed by atoms with E-state index in [4.69, 9.17) is 14.2 Å². The molecule has 0 bridgehead atoms. The van der Waals surface area contributed by atoms with Gasteiger partial charge in [-0.15, -0.1) is 0 Å². The zero-order valence-electron chi connectivity index (χ0n) is 26.6. The van der Waals surface area contributed by atoms with Gasteiger partial charge < -0.3 is 24.6 Å². The summed E-state index contributed by atoms with van der Waals surface area (Å²) < 4.78 is 19.1. The molecule has 5 fully saturated rings. The van der Waals surface area contributed by atoms with E-state index in [1.807, 2.05) is 6.08 Å². The highest BCUT2D eigenvalue weighted by Gasteiger charge is 2.76. The molecule has 2 N–H and O–H groups in total. The van der Waals surface area contributed by atoms with Crippen LogP contribution in [0.5, 0.6) is 0 Å². The molecule has 0 radical (unpaired) electrons. The Morgan fingerprint density at radius 1 is 1.15 bits per heavy atom. The Morgan fingerprint density at radius 3 is 2.72 bits per heavy atom. The highest BCUT2D eigenvalue weighted by molar-refractivity contribution is 6.01. The van der Waals surface area contributed by atoms with Crippen molar-refractivity contribution < 1.29 is 38.5 Å². The van der Waals surface area contributed by atoms with Gasteiger partial charge in [0, 0.05) is 35.1 Å². The molecule has 7 rings (SSSR count). The van der Waals surface area contributed by atoms with Gasteiger partial charge in [-0.1, -0.05) is 44.8 Å². The molecule has 3 unspecified atom stereocenters. The molecule has 9 atom stereocenters. The minimum Gasteiger partial charge on any atom is -0.456 e. The third kappa shape index (κ3) is 4.90. The van der Waals surface area contributed by atoms with E-state index < -0.39 is 60.0 Å². The first-order valence-corrected chi connectivity index (χ1v) is 16.9. The predicted octanol–water partition coefficient (Wildman–Crippen LogP) is 3.87. The van der Waals surface area contributed by atoms with Crippen LogP contribution in [0.2, 0.25) is 0 Å². The van der Waals surface area contributed by atoms with Crippen molar-refractivity contribution in [3.8, 4) is 0 Å². The van der Waals surface area contributed by atoms with Gasteiger partial charge in [0.2, 0.25) is 5.78 Å². The average molecular weight is 633 g/mol. The molecule has 1 amide bonds. The minimum absolute atomic E-state index is 0.0113. The second-order valence-corrected chi connectivity index (χ2v) is 14.7. The molecule has 246 valence electrons. The quantitative estimate of drug-likeness (QED) is 0.429. The largest absolute Gasteiger partial charge is 0.456 e. The number of pyridine rings is 1. The van der Waals surface area contributed by atoms with Crippen LogP contribution >= 0.6 is 0 Å². The number of allylic oxidation sites excluding steroid dienone is 4. The molecule has 46 heavy (non-hydrogen) atoms. The van der Waals surface area contributed by atoms with Crippen LogP contribution in [-0.4, -0.2) is 70.8 Å². The number of ether oxygens (including phenoxy) is 3. The second-order valence-electron chi connectivity index (χ2n) is 14.7. The van der Waals surface area contributed by atoms with Gasteiger partial charge in [0.25, 0.3) is 5.91 Å². The summed E-state index contributed by atoms with van der Waals surface area (Å²) in [7, 11) is 0. The molecule has 1 aromatic rings.